The molecular formula is C15H17FN4O. The van der Waals surface area contributed by atoms with Gasteiger partial charge in [0, 0.05) is 32.5 Å². The molecule has 1 aromatic carbocycles. The first-order chi connectivity index (χ1) is 10.0. The summed E-state index contributed by atoms with van der Waals surface area (Å²) in [6.07, 6.45) is 1.06. The third kappa shape index (κ3) is 3.47. The largest absolute Gasteiger partial charge is 0.378 e. The molecule has 0 fully saturated rings. The van der Waals surface area contributed by atoms with Gasteiger partial charge in [0.2, 0.25) is 0 Å². The zero-order valence-corrected chi connectivity index (χ0v) is 12.1. The molecule has 21 heavy (non-hydrogen) atoms. The van der Waals surface area contributed by atoms with E-state index in [2.05, 4.69) is 15.6 Å². The van der Waals surface area contributed by atoms with Crippen LogP contribution in [0, 0.1) is 5.82 Å². The number of nitrogens with zero attached hydrogens (tertiary/aromatic N) is 2. The molecule has 0 radical (unpaired) electrons. The summed E-state index contributed by atoms with van der Waals surface area (Å²) >= 11 is 0. The molecule has 110 valence electrons. The fourth-order valence-corrected chi connectivity index (χ4v) is 1.85. The van der Waals surface area contributed by atoms with Gasteiger partial charge < -0.3 is 15.5 Å². The molecule has 1 heterocycles. The molecule has 6 heteroatoms. The highest BCUT2D eigenvalue weighted by Gasteiger charge is 2.13. The van der Waals surface area contributed by atoms with Crippen molar-refractivity contribution >= 4 is 23.1 Å². The van der Waals surface area contributed by atoms with Gasteiger partial charge in [0.05, 0.1) is 11.8 Å². The number of hydrogen-bond donors (Lipinski definition) is 2. The van der Waals surface area contributed by atoms with E-state index in [1.165, 1.54) is 0 Å². The van der Waals surface area contributed by atoms with Crippen molar-refractivity contribution in [3.63, 3.8) is 0 Å². The Morgan fingerprint density at radius 2 is 1.90 bits per heavy atom. The zero-order valence-electron chi connectivity index (χ0n) is 12.1. The van der Waals surface area contributed by atoms with Gasteiger partial charge in [-0.1, -0.05) is 0 Å². The summed E-state index contributed by atoms with van der Waals surface area (Å²) in [6.45, 7) is 0. The molecule has 0 bridgehead atoms. The second-order valence-electron chi connectivity index (χ2n) is 4.70. The van der Waals surface area contributed by atoms with Crippen LogP contribution in [0.1, 0.15) is 10.4 Å². The number of rotatable bonds is 4. The predicted molar refractivity (Wildman–Crippen MR) is 82.5 cm³/mol. The Bertz CT molecular complexity index is 641. The number of carbonyl (C=O) groups excluding carboxylic acids is 1. The third-order valence-electron chi connectivity index (χ3n) is 2.98. The van der Waals surface area contributed by atoms with Crippen LogP contribution < -0.4 is 15.5 Å². The molecule has 2 rings (SSSR count). The Kier molecular flexibility index (Phi) is 4.37. The van der Waals surface area contributed by atoms with E-state index < -0.39 is 11.7 Å². The first-order valence-electron chi connectivity index (χ1n) is 6.43. The molecule has 0 aliphatic carbocycles. The minimum atomic E-state index is -0.554. The Balaban J connectivity index is 2.19. The molecule has 0 saturated heterocycles. The van der Waals surface area contributed by atoms with Gasteiger partial charge >= 0.3 is 0 Å². The number of pyridine rings is 1. The van der Waals surface area contributed by atoms with E-state index in [1.807, 2.05) is 31.1 Å². The number of carbonyl (C=O) groups is 1. The van der Waals surface area contributed by atoms with Gasteiger partial charge in [-0.25, -0.2) is 9.37 Å². The Morgan fingerprint density at radius 3 is 2.48 bits per heavy atom. The minimum Gasteiger partial charge on any atom is -0.378 e. The van der Waals surface area contributed by atoms with Crippen molar-refractivity contribution in [3.8, 4) is 0 Å². The fraction of sp³-hybridized carbons (Fsp3) is 0.200. The summed E-state index contributed by atoms with van der Waals surface area (Å²) in [5.74, 6) is -0.634. The van der Waals surface area contributed by atoms with Crippen LogP contribution in [0.2, 0.25) is 0 Å². The van der Waals surface area contributed by atoms with Gasteiger partial charge in [-0.2, -0.15) is 0 Å². The summed E-state index contributed by atoms with van der Waals surface area (Å²) in [7, 11) is 5.50. The number of anilines is 3. The second kappa shape index (κ2) is 6.21. The lowest BCUT2D eigenvalue weighted by atomic mass is 10.2. The van der Waals surface area contributed by atoms with Crippen molar-refractivity contribution in [2.45, 2.75) is 0 Å². The van der Waals surface area contributed by atoms with Crippen LogP contribution in [0.5, 0.6) is 0 Å². The summed E-state index contributed by atoms with van der Waals surface area (Å²) in [6, 6.07) is 8.51. The quantitative estimate of drug-likeness (QED) is 0.908. The average molecular weight is 288 g/mol. The highest BCUT2D eigenvalue weighted by Crippen LogP contribution is 2.18. The molecule has 0 saturated carbocycles. The number of benzene rings is 1. The van der Waals surface area contributed by atoms with Crippen molar-refractivity contribution in [2.75, 3.05) is 36.7 Å². The van der Waals surface area contributed by atoms with Crippen LogP contribution in [0.4, 0.5) is 21.6 Å². The monoisotopic (exact) mass is 288 g/mol. The van der Waals surface area contributed by atoms with Crippen LogP contribution in [0.15, 0.2) is 36.5 Å². The van der Waals surface area contributed by atoms with E-state index in [9.17, 15) is 9.18 Å². The Morgan fingerprint density at radius 1 is 1.24 bits per heavy atom. The molecule has 1 aromatic heterocycles. The summed E-state index contributed by atoms with van der Waals surface area (Å²) < 4.78 is 13.2. The van der Waals surface area contributed by atoms with Crippen LogP contribution in [-0.4, -0.2) is 32.0 Å². The first-order valence-corrected chi connectivity index (χ1v) is 6.43. The molecule has 0 spiro atoms. The number of nitrogens with one attached hydrogen (secondary N) is 2. The SMILES string of the molecule is CNc1ncc(F)cc1C(=O)Nc1ccc(N(C)C)cc1. The lowest BCUT2D eigenvalue weighted by Gasteiger charge is -2.13. The smallest absolute Gasteiger partial charge is 0.259 e. The summed E-state index contributed by atoms with van der Waals surface area (Å²) in [4.78, 5) is 18.0. The van der Waals surface area contributed by atoms with E-state index in [-0.39, 0.29) is 5.56 Å². The van der Waals surface area contributed by atoms with E-state index >= 15 is 0 Å². The van der Waals surface area contributed by atoms with E-state index in [4.69, 9.17) is 0 Å². The van der Waals surface area contributed by atoms with Crippen molar-refractivity contribution in [3.05, 3.63) is 47.9 Å². The van der Waals surface area contributed by atoms with Crippen molar-refractivity contribution in [1.82, 2.24) is 4.98 Å². The topological polar surface area (TPSA) is 57.3 Å². The van der Waals surface area contributed by atoms with Crippen LogP contribution in [0.25, 0.3) is 0 Å². The number of aromatic nitrogens is 1. The van der Waals surface area contributed by atoms with Crippen molar-refractivity contribution < 1.29 is 9.18 Å². The Hall–Kier alpha value is -2.63. The van der Waals surface area contributed by atoms with Crippen molar-refractivity contribution in [2.24, 2.45) is 0 Å². The van der Waals surface area contributed by atoms with Gasteiger partial charge in [-0.15, -0.1) is 0 Å². The molecule has 0 atom stereocenters. The standard InChI is InChI=1S/C15H17FN4O/c1-17-14-13(8-10(16)9-18-14)15(21)19-11-4-6-12(7-5-11)20(2)3/h4-9H,1-3H3,(H,17,18)(H,19,21). The maximum absolute atomic E-state index is 13.2. The Labute approximate surface area is 122 Å². The molecule has 0 unspecified atom stereocenters. The van der Waals surface area contributed by atoms with Crippen molar-refractivity contribution in [1.29, 1.82) is 0 Å². The lowest BCUT2D eigenvalue weighted by Crippen LogP contribution is -2.15. The van der Waals surface area contributed by atoms with E-state index in [0.29, 0.717) is 11.5 Å². The zero-order chi connectivity index (χ0) is 15.4. The van der Waals surface area contributed by atoms with E-state index in [1.54, 1.807) is 19.2 Å². The maximum Gasteiger partial charge on any atom is 0.259 e. The minimum absolute atomic E-state index is 0.161. The average Bonchev–Trinajstić information content (AvgIpc) is 2.47. The third-order valence-corrected chi connectivity index (χ3v) is 2.98. The summed E-state index contributed by atoms with van der Waals surface area (Å²) in [5, 5.41) is 5.49. The molecular weight excluding hydrogens is 271 g/mol. The van der Waals surface area contributed by atoms with Gasteiger partial charge in [0.1, 0.15) is 11.6 Å². The number of amides is 1. The van der Waals surface area contributed by atoms with Gasteiger partial charge in [-0.05, 0) is 30.3 Å². The van der Waals surface area contributed by atoms with Gasteiger partial charge in [0.15, 0.2) is 0 Å². The molecule has 2 N–H and O–H groups in total. The summed E-state index contributed by atoms with van der Waals surface area (Å²) in [5.41, 5.74) is 1.82. The number of halogens is 1. The van der Waals surface area contributed by atoms with Gasteiger partial charge in [-0.3, -0.25) is 4.79 Å². The lowest BCUT2D eigenvalue weighted by molar-refractivity contribution is 0.102. The van der Waals surface area contributed by atoms with E-state index in [0.717, 1.165) is 18.0 Å². The second-order valence-corrected chi connectivity index (χ2v) is 4.70. The molecule has 5 nitrogen and oxygen atoms in total. The molecule has 0 aliphatic heterocycles. The predicted octanol–water partition coefficient (Wildman–Crippen LogP) is 2.58. The highest BCUT2D eigenvalue weighted by molar-refractivity contribution is 6.07. The maximum atomic E-state index is 13.2. The van der Waals surface area contributed by atoms with Crippen LogP contribution in [0.3, 0.4) is 0 Å². The van der Waals surface area contributed by atoms with Gasteiger partial charge in [0.25, 0.3) is 5.91 Å². The molecule has 0 aliphatic rings. The van der Waals surface area contributed by atoms with Crippen LogP contribution in [-0.2, 0) is 0 Å². The number of hydrogen-bond acceptors (Lipinski definition) is 4. The fourth-order valence-electron chi connectivity index (χ4n) is 1.85. The first kappa shape index (κ1) is 14.8. The van der Waals surface area contributed by atoms with Crippen LogP contribution >= 0.6 is 0 Å². The molecule has 2 aromatic rings. The molecule has 1 amide bonds. The normalized spacial score (nSPS) is 10.1. The highest BCUT2D eigenvalue weighted by atomic mass is 19.1.